The van der Waals surface area contributed by atoms with Crippen LogP contribution in [-0.4, -0.2) is 40.6 Å². The summed E-state index contributed by atoms with van der Waals surface area (Å²) in [5, 5.41) is 0. The molecule has 0 atom stereocenters. The highest BCUT2D eigenvalue weighted by atomic mass is 32.1. The molecule has 3 aromatic rings. The van der Waals surface area contributed by atoms with E-state index in [1.807, 2.05) is 0 Å². The third kappa shape index (κ3) is 1.93. The van der Waals surface area contributed by atoms with Crippen LogP contribution >= 0.6 is 11.3 Å². The van der Waals surface area contributed by atoms with Crippen LogP contribution in [0.25, 0.3) is 15.2 Å². The fourth-order valence-corrected chi connectivity index (χ4v) is 3.92. The predicted octanol–water partition coefficient (Wildman–Crippen LogP) is 2.69. The molecule has 3 heterocycles. The second kappa shape index (κ2) is 4.84. The van der Waals surface area contributed by atoms with Crippen LogP contribution in [0.1, 0.15) is 11.4 Å². The van der Waals surface area contributed by atoms with Gasteiger partial charge in [-0.15, -0.1) is 0 Å². The Balaban J connectivity index is 1.82. The lowest BCUT2D eigenvalue weighted by atomic mass is 10.3. The summed E-state index contributed by atoms with van der Waals surface area (Å²) in [5.41, 5.74) is 3.74. The van der Waals surface area contributed by atoms with E-state index < -0.39 is 0 Å². The van der Waals surface area contributed by atoms with Gasteiger partial charge in [0.15, 0.2) is 4.96 Å². The number of thiazole rings is 1. The van der Waals surface area contributed by atoms with Crippen LogP contribution in [0.3, 0.4) is 0 Å². The number of ether oxygens (including phenoxy) is 1. The van der Waals surface area contributed by atoms with Crippen LogP contribution in [0.4, 0.5) is 0 Å². The van der Waals surface area contributed by atoms with Gasteiger partial charge >= 0.3 is 0 Å². The summed E-state index contributed by atoms with van der Waals surface area (Å²) in [4.78, 5) is 8.29. The van der Waals surface area contributed by atoms with Crippen LogP contribution in [0.5, 0.6) is 0 Å². The molecule has 0 unspecified atom stereocenters. The first-order valence-corrected chi connectivity index (χ1v) is 7.80. The second-order valence-electron chi connectivity index (χ2n) is 5.22. The van der Waals surface area contributed by atoms with Gasteiger partial charge < -0.3 is 4.74 Å². The molecule has 20 heavy (non-hydrogen) atoms. The Kier molecular flexibility index (Phi) is 2.98. The highest BCUT2D eigenvalue weighted by Crippen LogP contribution is 2.29. The number of hydrogen-bond acceptors (Lipinski definition) is 4. The zero-order valence-electron chi connectivity index (χ0n) is 11.5. The van der Waals surface area contributed by atoms with E-state index in [4.69, 9.17) is 9.72 Å². The number of aromatic nitrogens is 2. The third-order valence-corrected chi connectivity index (χ3v) is 4.95. The SMILES string of the molecule is Cc1nc2sc3ccccc3n2c1CN1CCOCC1. The average Bonchev–Trinajstić information content (AvgIpc) is 2.97. The van der Waals surface area contributed by atoms with Gasteiger partial charge in [-0.3, -0.25) is 9.30 Å². The number of fused-ring (bicyclic) bond motifs is 3. The molecular weight excluding hydrogens is 270 g/mol. The van der Waals surface area contributed by atoms with E-state index in [9.17, 15) is 0 Å². The number of hydrogen-bond donors (Lipinski definition) is 0. The summed E-state index contributed by atoms with van der Waals surface area (Å²) in [6, 6.07) is 8.54. The number of rotatable bonds is 2. The Labute approximate surface area is 121 Å². The molecule has 0 bridgehead atoms. The van der Waals surface area contributed by atoms with Gasteiger partial charge in [-0.05, 0) is 19.1 Å². The van der Waals surface area contributed by atoms with Crippen molar-refractivity contribution in [1.29, 1.82) is 0 Å². The van der Waals surface area contributed by atoms with Crippen molar-refractivity contribution in [2.45, 2.75) is 13.5 Å². The summed E-state index contributed by atoms with van der Waals surface area (Å²) in [6.07, 6.45) is 0. The minimum absolute atomic E-state index is 0.839. The van der Waals surface area contributed by atoms with Gasteiger partial charge in [0.25, 0.3) is 0 Å². The largest absolute Gasteiger partial charge is 0.379 e. The van der Waals surface area contributed by atoms with Crippen LogP contribution in [-0.2, 0) is 11.3 Å². The van der Waals surface area contributed by atoms with Gasteiger partial charge in [-0.1, -0.05) is 23.5 Å². The molecule has 0 saturated carbocycles. The molecule has 4 rings (SSSR count). The Morgan fingerprint density at radius 1 is 1.25 bits per heavy atom. The molecule has 4 nitrogen and oxygen atoms in total. The van der Waals surface area contributed by atoms with Gasteiger partial charge in [0.05, 0.1) is 34.8 Å². The summed E-state index contributed by atoms with van der Waals surface area (Å²) in [6.45, 7) is 6.77. The number of imidazole rings is 1. The van der Waals surface area contributed by atoms with Crippen molar-refractivity contribution in [2.75, 3.05) is 26.3 Å². The molecule has 0 spiro atoms. The minimum atomic E-state index is 0.839. The molecule has 1 aliphatic rings. The zero-order valence-corrected chi connectivity index (χ0v) is 12.3. The van der Waals surface area contributed by atoms with Crippen LogP contribution in [0, 0.1) is 6.92 Å². The van der Waals surface area contributed by atoms with Crippen LogP contribution in [0.15, 0.2) is 24.3 Å². The maximum absolute atomic E-state index is 5.43. The maximum atomic E-state index is 5.43. The van der Waals surface area contributed by atoms with Crippen molar-refractivity contribution < 1.29 is 4.74 Å². The lowest BCUT2D eigenvalue weighted by Crippen LogP contribution is -2.36. The lowest BCUT2D eigenvalue weighted by molar-refractivity contribution is 0.0335. The van der Waals surface area contributed by atoms with Crippen LogP contribution < -0.4 is 0 Å². The predicted molar refractivity (Wildman–Crippen MR) is 81.4 cm³/mol. The van der Waals surface area contributed by atoms with Crippen molar-refractivity contribution in [3.63, 3.8) is 0 Å². The zero-order chi connectivity index (χ0) is 13.5. The highest BCUT2D eigenvalue weighted by molar-refractivity contribution is 7.23. The number of benzene rings is 1. The molecule has 2 aromatic heterocycles. The van der Waals surface area contributed by atoms with Gasteiger partial charge in [0.2, 0.25) is 0 Å². The lowest BCUT2D eigenvalue weighted by Gasteiger charge is -2.26. The van der Waals surface area contributed by atoms with Gasteiger partial charge in [-0.2, -0.15) is 0 Å². The van der Waals surface area contributed by atoms with Crippen molar-refractivity contribution >= 4 is 26.5 Å². The number of nitrogens with zero attached hydrogens (tertiary/aromatic N) is 3. The standard InChI is InChI=1S/C15H17N3OS/c1-11-13(10-17-6-8-19-9-7-17)18-12-4-2-3-5-14(12)20-15(18)16-11/h2-5H,6-10H2,1H3. The quantitative estimate of drug-likeness (QED) is 0.726. The Morgan fingerprint density at radius 3 is 2.90 bits per heavy atom. The molecule has 5 heteroatoms. The molecule has 0 amide bonds. The normalized spacial score (nSPS) is 17.2. The van der Waals surface area contributed by atoms with Gasteiger partial charge in [-0.25, -0.2) is 4.98 Å². The molecule has 1 fully saturated rings. The first kappa shape index (κ1) is 12.3. The summed E-state index contributed by atoms with van der Waals surface area (Å²) >= 11 is 1.77. The van der Waals surface area contributed by atoms with E-state index in [0.29, 0.717) is 0 Å². The number of morpholine rings is 1. The monoisotopic (exact) mass is 287 g/mol. The summed E-state index contributed by atoms with van der Waals surface area (Å²) in [5.74, 6) is 0. The Hall–Kier alpha value is -1.43. The first-order valence-electron chi connectivity index (χ1n) is 6.98. The van der Waals surface area contributed by atoms with E-state index in [2.05, 4.69) is 40.5 Å². The van der Waals surface area contributed by atoms with Gasteiger partial charge in [0.1, 0.15) is 0 Å². The molecular formula is C15H17N3OS. The Bertz CT molecular complexity index is 755. The van der Waals surface area contributed by atoms with Gasteiger partial charge in [0, 0.05) is 19.6 Å². The topological polar surface area (TPSA) is 29.8 Å². The average molecular weight is 287 g/mol. The fraction of sp³-hybridized carbons (Fsp3) is 0.400. The molecule has 0 radical (unpaired) electrons. The van der Waals surface area contributed by atoms with Crippen LogP contribution in [0.2, 0.25) is 0 Å². The fourth-order valence-electron chi connectivity index (χ4n) is 2.83. The molecule has 0 N–H and O–H groups in total. The maximum Gasteiger partial charge on any atom is 0.195 e. The molecule has 104 valence electrons. The third-order valence-electron chi connectivity index (χ3n) is 3.93. The van der Waals surface area contributed by atoms with E-state index in [1.54, 1.807) is 11.3 Å². The first-order chi connectivity index (χ1) is 9.83. The Morgan fingerprint density at radius 2 is 2.05 bits per heavy atom. The van der Waals surface area contributed by atoms with Crippen molar-refractivity contribution in [3.8, 4) is 0 Å². The van der Waals surface area contributed by atoms with E-state index in [0.717, 1.165) is 43.5 Å². The van der Waals surface area contributed by atoms with Crippen molar-refractivity contribution in [1.82, 2.24) is 14.3 Å². The summed E-state index contributed by atoms with van der Waals surface area (Å²) in [7, 11) is 0. The number of aryl methyl sites for hydroxylation is 1. The summed E-state index contributed by atoms with van der Waals surface area (Å²) < 4.78 is 9.06. The van der Waals surface area contributed by atoms with E-state index in [1.165, 1.54) is 15.9 Å². The molecule has 1 aromatic carbocycles. The smallest absolute Gasteiger partial charge is 0.195 e. The van der Waals surface area contributed by atoms with E-state index >= 15 is 0 Å². The highest BCUT2D eigenvalue weighted by Gasteiger charge is 2.18. The van der Waals surface area contributed by atoms with Crippen molar-refractivity contribution in [2.24, 2.45) is 0 Å². The molecule has 0 aliphatic carbocycles. The number of para-hydroxylation sites is 1. The molecule has 1 saturated heterocycles. The van der Waals surface area contributed by atoms with Crippen molar-refractivity contribution in [3.05, 3.63) is 35.7 Å². The second-order valence-corrected chi connectivity index (χ2v) is 6.23. The molecule has 1 aliphatic heterocycles. The van der Waals surface area contributed by atoms with E-state index in [-0.39, 0.29) is 0 Å². The minimum Gasteiger partial charge on any atom is -0.379 e.